The summed E-state index contributed by atoms with van der Waals surface area (Å²) < 4.78 is 7.66. The van der Waals surface area contributed by atoms with Gasteiger partial charge in [-0.15, -0.1) is 0 Å². The zero-order valence-electron chi connectivity index (χ0n) is 10.5. The number of hydrogen-bond donors (Lipinski definition) is 0. The van der Waals surface area contributed by atoms with Gasteiger partial charge in [0.1, 0.15) is 6.23 Å². The fraction of sp³-hybridized carbons (Fsp3) is 0.429. The molecule has 18 heavy (non-hydrogen) atoms. The zero-order valence-corrected chi connectivity index (χ0v) is 10.5. The first-order valence-corrected chi connectivity index (χ1v) is 6.42. The van der Waals surface area contributed by atoms with Crippen molar-refractivity contribution in [2.24, 2.45) is 0 Å². The molecule has 0 bridgehead atoms. The van der Waals surface area contributed by atoms with E-state index in [1.54, 1.807) is 0 Å². The Morgan fingerprint density at radius 3 is 3.06 bits per heavy atom. The van der Waals surface area contributed by atoms with Gasteiger partial charge in [0.15, 0.2) is 0 Å². The van der Waals surface area contributed by atoms with E-state index >= 15 is 0 Å². The molecule has 3 rings (SSSR count). The highest BCUT2D eigenvalue weighted by atomic mass is 16.5. The number of rotatable bonds is 2. The number of nitrogens with zero attached hydrogens (tertiary/aromatic N) is 3. The molecule has 1 fully saturated rings. The van der Waals surface area contributed by atoms with Crippen LogP contribution in [0.5, 0.6) is 0 Å². The Morgan fingerprint density at radius 1 is 1.33 bits per heavy atom. The minimum absolute atomic E-state index is 0.107. The molecular weight excluding hydrogens is 226 g/mol. The monoisotopic (exact) mass is 243 g/mol. The molecule has 1 aliphatic rings. The van der Waals surface area contributed by atoms with Crippen LogP contribution in [0.15, 0.2) is 30.7 Å². The second-order valence-corrected chi connectivity index (χ2v) is 4.72. The maximum Gasteiger partial charge on any atom is 0.150 e. The third kappa shape index (κ3) is 2.29. The second kappa shape index (κ2) is 4.90. The lowest BCUT2D eigenvalue weighted by molar-refractivity contribution is -0.0394. The highest BCUT2D eigenvalue weighted by molar-refractivity contribution is 5.61. The van der Waals surface area contributed by atoms with E-state index < -0.39 is 0 Å². The van der Waals surface area contributed by atoms with Crippen LogP contribution in [-0.2, 0) is 4.74 Å². The van der Waals surface area contributed by atoms with Gasteiger partial charge in [-0.05, 0) is 43.9 Å². The maximum atomic E-state index is 5.73. The van der Waals surface area contributed by atoms with E-state index in [1.807, 2.05) is 30.1 Å². The number of aromatic nitrogens is 3. The Hall–Kier alpha value is -1.68. The van der Waals surface area contributed by atoms with Crippen molar-refractivity contribution in [1.29, 1.82) is 0 Å². The van der Waals surface area contributed by atoms with Gasteiger partial charge in [0.2, 0.25) is 0 Å². The highest BCUT2D eigenvalue weighted by Gasteiger charge is 2.16. The summed E-state index contributed by atoms with van der Waals surface area (Å²) in [5, 5.41) is 4.42. The van der Waals surface area contributed by atoms with Crippen LogP contribution in [0.25, 0.3) is 11.1 Å². The van der Waals surface area contributed by atoms with Crippen molar-refractivity contribution in [2.45, 2.75) is 32.4 Å². The van der Waals surface area contributed by atoms with Crippen LogP contribution < -0.4 is 0 Å². The van der Waals surface area contributed by atoms with Crippen LogP contribution in [0.3, 0.4) is 0 Å². The lowest BCUT2D eigenvalue weighted by Gasteiger charge is -2.22. The minimum Gasteiger partial charge on any atom is -0.357 e. The summed E-state index contributed by atoms with van der Waals surface area (Å²) in [6, 6.07) is 4.08. The predicted molar refractivity (Wildman–Crippen MR) is 69.0 cm³/mol. The third-order valence-corrected chi connectivity index (χ3v) is 3.28. The number of ether oxygens (including phenoxy) is 1. The number of aryl methyl sites for hydroxylation is 1. The fourth-order valence-electron chi connectivity index (χ4n) is 2.30. The summed E-state index contributed by atoms with van der Waals surface area (Å²) in [5.74, 6) is 0. The molecule has 94 valence electrons. The van der Waals surface area contributed by atoms with Crippen LogP contribution in [-0.4, -0.2) is 21.4 Å². The van der Waals surface area contributed by atoms with Crippen LogP contribution >= 0.6 is 0 Å². The Bertz CT molecular complexity index is 529. The number of hydrogen-bond acceptors (Lipinski definition) is 3. The molecule has 1 aliphatic heterocycles. The molecule has 0 spiro atoms. The molecule has 0 radical (unpaired) electrons. The summed E-state index contributed by atoms with van der Waals surface area (Å²) in [6.07, 6.45) is 9.32. The van der Waals surface area contributed by atoms with Crippen LogP contribution in [0.2, 0.25) is 0 Å². The Morgan fingerprint density at radius 2 is 2.28 bits per heavy atom. The molecule has 0 N–H and O–H groups in total. The molecule has 2 aromatic heterocycles. The predicted octanol–water partition coefficient (Wildman–Crippen LogP) is 2.95. The van der Waals surface area contributed by atoms with E-state index in [4.69, 9.17) is 4.74 Å². The third-order valence-electron chi connectivity index (χ3n) is 3.28. The summed E-state index contributed by atoms with van der Waals surface area (Å²) in [5.41, 5.74) is 3.30. The van der Waals surface area contributed by atoms with Crippen LogP contribution in [0, 0.1) is 6.92 Å². The van der Waals surface area contributed by atoms with Gasteiger partial charge in [-0.2, -0.15) is 5.10 Å². The van der Waals surface area contributed by atoms with Crippen molar-refractivity contribution < 1.29 is 4.74 Å². The Labute approximate surface area is 107 Å². The van der Waals surface area contributed by atoms with Gasteiger partial charge >= 0.3 is 0 Å². The van der Waals surface area contributed by atoms with Crippen LogP contribution in [0.4, 0.5) is 0 Å². The van der Waals surface area contributed by atoms with Crippen LogP contribution in [0.1, 0.15) is 31.2 Å². The normalized spacial score (nSPS) is 19.9. The zero-order chi connectivity index (χ0) is 12.4. The van der Waals surface area contributed by atoms with Crippen molar-refractivity contribution in [2.75, 3.05) is 6.61 Å². The number of pyridine rings is 1. The Balaban J connectivity index is 1.84. The topological polar surface area (TPSA) is 39.9 Å². The molecule has 0 saturated carbocycles. The van der Waals surface area contributed by atoms with E-state index in [-0.39, 0.29) is 6.23 Å². The summed E-state index contributed by atoms with van der Waals surface area (Å²) in [6.45, 7) is 2.84. The molecule has 2 aromatic rings. The molecule has 0 unspecified atom stereocenters. The molecule has 0 amide bonds. The van der Waals surface area contributed by atoms with Gasteiger partial charge in [0, 0.05) is 30.3 Å². The van der Waals surface area contributed by atoms with Crippen molar-refractivity contribution >= 4 is 0 Å². The van der Waals surface area contributed by atoms with E-state index in [0.29, 0.717) is 0 Å². The van der Waals surface area contributed by atoms with Crippen molar-refractivity contribution in [3.05, 3.63) is 36.4 Å². The average molecular weight is 243 g/mol. The van der Waals surface area contributed by atoms with Gasteiger partial charge in [-0.25, -0.2) is 4.68 Å². The Kier molecular flexibility index (Phi) is 3.11. The lowest BCUT2D eigenvalue weighted by Crippen LogP contribution is -2.18. The fourth-order valence-corrected chi connectivity index (χ4v) is 2.30. The molecule has 1 saturated heterocycles. The molecule has 0 aliphatic carbocycles. The second-order valence-electron chi connectivity index (χ2n) is 4.72. The van der Waals surface area contributed by atoms with Gasteiger partial charge in [-0.1, -0.05) is 0 Å². The SMILES string of the molecule is Cc1cc(-c2cnn([C@H]3CCCCO3)c2)ccn1. The van der Waals surface area contributed by atoms with Crippen molar-refractivity contribution in [3.63, 3.8) is 0 Å². The lowest BCUT2D eigenvalue weighted by atomic mass is 10.1. The molecule has 3 heterocycles. The van der Waals surface area contributed by atoms with E-state index in [0.717, 1.165) is 36.3 Å². The van der Waals surface area contributed by atoms with E-state index in [1.165, 1.54) is 6.42 Å². The molecule has 1 atom stereocenters. The first-order chi connectivity index (χ1) is 8.83. The largest absolute Gasteiger partial charge is 0.357 e. The minimum atomic E-state index is 0.107. The summed E-state index contributed by atoms with van der Waals surface area (Å²) >= 11 is 0. The highest BCUT2D eigenvalue weighted by Crippen LogP contribution is 2.25. The van der Waals surface area contributed by atoms with Gasteiger partial charge in [-0.3, -0.25) is 4.98 Å². The van der Waals surface area contributed by atoms with Crippen molar-refractivity contribution in [3.8, 4) is 11.1 Å². The maximum absolute atomic E-state index is 5.73. The average Bonchev–Trinajstić information content (AvgIpc) is 2.89. The standard InChI is InChI=1S/C14H17N3O/c1-11-8-12(5-6-15-11)13-9-16-17(10-13)14-4-2-3-7-18-14/h5-6,8-10,14H,2-4,7H2,1H3/t14-/m1/s1. The van der Waals surface area contributed by atoms with Gasteiger partial charge < -0.3 is 4.74 Å². The summed E-state index contributed by atoms with van der Waals surface area (Å²) in [7, 11) is 0. The quantitative estimate of drug-likeness (QED) is 0.814. The molecule has 4 nitrogen and oxygen atoms in total. The van der Waals surface area contributed by atoms with E-state index in [2.05, 4.69) is 22.3 Å². The molecular formula is C14H17N3O. The summed E-state index contributed by atoms with van der Waals surface area (Å²) in [4.78, 5) is 4.21. The smallest absolute Gasteiger partial charge is 0.150 e. The van der Waals surface area contributed by atoms with Crippen molar-refractivity contribution in [1.82, 2.24) is 14.8 Å². The first kappa shape index (κ1) is 11.4. The van der Waals surface area contributed by atoms with Gasteiger partial charge in [0.05, 0.1) is 6.20 Å². The van der Waals surface area contributed by atoms with E-state index in [9.17, 15) is 0 Å². The molecule has 0 aromatic carbocycles. The molecule has 4 heteroatoms. The first-order valence-electron chi connectivity index (χ1n) is 6.42. The van der Waals surface area contributed by atoms with Gasteiger partial charge in [0.25, 0.3) is 0 Å².